The van der Waals surface area contributed by atoms with Crippen LogP contribution in [0, 0.1) is 0 Å². The average Bonchev–Trinajstić information content (AvgIpc) is 3.15. The fraction of sp³-hybridized carbons (Fsp3) is 0.379. The van der Waals surface area contributed by atoms with Crippen molar-refractivity contribution in [1.82, 2.24) is 57.8 Å². The second-order valence-electron chi connectivity index (χ2n) is 20.5. The van der Waals surface area contributed by atoms with Crippen molar-refractivity contribution in [2.45, 2.75) is 119 Å². The smallest absolute Gasteiger partial charge is 0.305 e. The molecule has 0 bridgehead atoms. The number of amides is 10. The summed E-state index contributed by atoms with van der Waals surface area (Å²) in [6.07, 6.45) is 2.94. The molecule has 86 heavy (non-hydrogen) atoms. The number of benzene rings is 3. The molecular formula is C58H72N14O13S. The first-order valence-corrected chi connectivity index (χ1v) is 29.1. The number of rotatable bonds is 23. The molecule has 1 fully saturated rings. The molecule has 28 heteroatoms. The SMILES string of the molecule is CSCC[C@H](NC(=O)[C@H](Cc1c[nH]c2ccccc12)NC(=O)[C@H]1CCCCNC(=O)[C@H](NC(=O)c2ccc(NN)nc2)CCC(=O)N[C@@H](C)C(=O)N[C@@H](Cc2ccc(O)cc2)C(=O)N1)C(=O)N[C@@H](CC(=O)O)C(=O)N[C@@H](Cc1ccccc1)C(N)=O. The number of nitrogens with one attached hydrogen (secondary N) is 11. The number of hydrogen-bond donors (Lipinski definition) is 15. The predicted octanol–water partition coefficient (Wildman–Crippen LogP) is -0.413. The van der Waals surface area contributed by atoms with E-state index in [9.17, 15) is 63.0 Å². The molecular weight excluding hydrogens is 1130 g/mol. The van der Waals surface area contributed by atoms with Gasteiger partial charge in [-0.25, -0.2) is 10.8 Å². The van der Waals surface area contributed by atoms with Gasteiger partial charge in [-0.3, -0.25) is 52.7 Å². The fourth-order valence-electron chi connectivity index (χ4n) is 9.28. The van der Waals surface area contributed by atoms with Crippen LogP contribution in [0.3, 0.4) is 0 Å². The number of thioether (sulfide) groups is 1. The highest BCUT2D eigenvalue weighted by Gasteiger charge is 2.35. The summed E-state index contributed by atoms with van der Waals surface area (Å²) in [4.78, 5) is 158. The number of nitrogen functional groups attached to an aromatic ring is 1. The van der Waals surface area contributed by atoms with Crippen LogP contribution in [0.1, 0.15) is 78.9 Å². The molecule has 1 aliphatic rings. The number of fused-ring (bicyclic) bond motifs is 1. The molecule has 1 aliphatic heterocycles. The first-order valence-electron chi connectivity index (χ1n) is 27.7. The van der Waals surface area contributed by atoms with Gasteiger partial charge in [-0.15, -0.1) is 0 Å². The minimum atomic E-state index is -1.75. The minimum Gasteiger partial charge on any atom is -0.508 e. The summed E-state index contributed by atoms with van der Waals surface area (Å²) in [5, 5.41) is 44.2. The number of carbonyl (C=O) groups is 11. The number of aromatic hydroxyl groups is 1. The molecule has 17 N–H and O–H groups in total. The highest BCUT2D eigenvalue weighted by Crippen LogP contribution is 2.21. The number of phenols is 1. The maximum atomic E-state index is 14.9. The molecule has 2 aromatic heterocycles. The van der Waals surface area contributed by atoms with E-state index in [1.54, 1.807) is 67.0 Å². The molecule has 458 valence electrons. The quantitative estimate of drug-likeness (QED) is 0.0292. The Labute approximate surface area is 498 Å². The number of hydrogen-bond acceptors (Lipinski definition) is 16. The molecule has 10 amide bonds. The summed E-state index contributed by atoms with van der Waals surface area (Å²) in [6, 6.07) is 13.0. The van der Waals surface area contributed by atoms with Crippen LogP contribution >= 0.6 is 11.8 Å². The van der Waals surface area contributed by atoms with Gasteiger partial charge in [-0.1, -0.05) is 60.7 Å². The predicted molar refractivity (Wildman–Crippen MR) is 317 cm³/mol. The van der Waals surface area contributed by atoms with E-state index >= 15 is 0 Å². The number of aliphatic carboxylic acids is 1. The molecule has 6 rings (SSSR count). The first-order chi connectivity index (χ1) is 41.2. The van der Waals surface area contributed by atoms with Gasteiger partial charge in [-0.05, 0) is 98.1 Å². The van der Waals surface area contributed by atoms with Crippen molar-refractivity contribution in [3.8, 4) is 5.75 Å². The number of carboxylic acids is 1. The number of H-pyrrole nitrogens is 1. The van der Waals surface area contributed by atoms with Crippen molar-refractivity contribution in [1.29, 1.82) is 0 Å². The first kappa shape index (κ1) is 65.6. The third-order valence-electron chi connectivity index (χ3n) is 14.0. The Hall–Kier alpha value is -9.57. The number of nitrogens with zero attached hydrogens (tertiary/aromatic N) is 1. The fourth-order valence-corrected chi connectivity index (χ4v) is 9.75. The number of carboxylic acid groups (broad SMARTS) is 1. The summed E-state index contributed by atoms with van der Waals surface area (Å²) in [5.74, 6) is -3.98. The van der Waals surface area contributed by atoms with E-state index in [2.05, 4.69) is 63.2 Å². The molecule has 3 heterocycles. The van der Waals surface area contributed by atoms with Crippen LogP contribution < -0.4 is 64.9 Å². The molecule has 1 saturated heterocycles. The molecule has 8 atom stereocenters. The summed E-state index contributed by atoms with van der Waals surface area (Å²) in [6.45, 7) is 1.36. The molecule has 27 nitrogen and oxygen atoms in total. The second kappa shape index (κ2) is 32.5. The highest BCUT2D eigenvalue weighted by atomic mass is 32.2. The number of aromatic nitrogens is 2. The molecule has 0 radical (unpaired) electrons. The monoisotopic (exact) mass is 1200 g/mol. The topological polar surface area (TPSA) is 429 Å². The number of hydrazine groups is 1. The van der Waals surface area contributed by atoms with E-state index in [0.29, 0.717) is 27.6 Å². The molecule has 0 unspecified atom stereocenters. The third-order valence-corrected chi connectivity index (χ3v) is 14.7. The second-order valence-corrected chi connectivity index (χ2v) is 21.5. The van der Waals surface area contributed by atoms with Gasteiger partial charge in [0.05, 0.1) is 12.0 Å². The minimum absolute atomic E-state index is 0.00579. The number of phenolic OH excluding ortho intramolecular Hbond substituents is 1. The van der Waals surface area contributed by atoms with Gasteiger partial charge < -0.3 is 74.2 Å². The van der Waals surface area contributed by atoms with Gasteiger partial charge in [-0.2, -0.15) is 11.8 Å². The van der Waals surface area contributed by atoms with Gasteiger partial charge in [0.25, 0.3) is 5.91 Å². The summed E-state index contributed by atoms with van der Waals surface area (Å²) >= 11 is 1.31. The van der Waals surface area contributed by atoms with Gasteiger partial charge in [0.1, 0.15) is 59.9 Å². The van der Waals surface area contributed by atoms with Crippen molar-refractivity contribution in [2.75, 3.05) is 24.0 Å². The standard InChI is InChI=1S/C58H72N14O13S/c1-32-51(78)69-44(27-34-15-18-37(73)19-16-34)56(83)66-40(14-8-9-24-61-53(80)41(20-22-48(74)64-32)65-52(79)35-17-21-47(72-60)63-30-35)54(81)70-45(28-36-31-62-39-13-7-6-12-38(36)39)57(84)67-42(23-25-86-2)55(82)71-46(29-49(75)76)58(85)68-43(50(59)77)26-33-10-4-3-5-11-33/h3-7,10-13,15-19,21,30-32,40-46,62,73H,8-9,14,20,22-29,60H2,1-2H3,(H2,59,77)(H,61,80)(H,63,72)(H,64,74)(H,65,79)(H,66,83)(H,67,84)(H,68,85)(H,69,78)(H,70,81)(H,71,82)(H,75,76)/t32-,40+,41+,42-,43-,44-,45-,46-/m0/s1. The van der Waals surface area contributed by atoms with Crippen LogP contribution in [0.2, 0.25) is 0 Å². The number of anilines is 1. The van der Waals surface area contributed by atoms with Crippen molar-refractivity contribution in [3.63, 3.8) is 0 Å². The van der Waals surface area contributed by atoms with Crippen LogP contribution in [0.4, 0.5) is 5.82 Å². The van der Waals surface area contributed by atoms with Crippen LogP contribution in [0.15, 0.2) is 103 Å². The zero-order valence-electron chi connectivity index (χ0n) is 47.3. The zero-order valence-corrected chi connectivity index (χ0v) is 48.1. The number of primary amides is 1. The van der Waals surface area contributed by atoms with Gasteiger partial charge in [0, 0.05) is 55.5 Å². The summed E-state index contributed by atoms with van der Waals surface area (Å²) < 4.78 is 0. The summed E-state index contributed by atoms with van der Waals surface area (Å²) in [5.41, 5.74) is 10.4. The number of nitrogens with two attached hydrogens (primary N) is 2. The Bertz CT molecular complexity index is 3200. The van der Waals surface area contributed by atoms with Crippen molar-refractivity contribution in [3.05, 3.63) is 126 Å². The number of para-hydroxylation sites is 1. The Morgan fingerprint density at radius 1 is 0.733 bits per heavy atom. The summed E-state index contributed by atoms with van der Waals surface area (Å²) in [7, 11) is 0. The largest absolute Gasteiger partial charge is 0.508 e. The van der Waals surface area contributed by atoms with E-state index in [4.69, 9.17) is 11.6 Å². The number of aromatic amines is 1. The van der Waals surface area contributed by atoms with E-state index in [1.165, 1.54) is 61.3 Å². The Kier molecular flexibility index (Phi) is 24.8. The lowest BCUT2D eigenvalue weighted by Crippen LogP contribution is -2.60. The van der Waals surface area contributed by atoms with Crippen molar-refractivity contribution in [2.24, 2.45) is 11.6 Å². The van der Waals surface area contributed by atoms with Crippen LogP contribution in [-0.4, -0.2) is 152 Å². The Morgan fingerprint density at radius 2 is 1.42 bits per heavy atom. The number of pyridine rings is 1. The maximum Gasteiger partial charge on any atom is 0.305 e. The van der Waals surface area contributed by atoms with Crippen LogP contribution in [0.25, 0.3) is 10.9 Å². The Morgan fingerprint density at radius 3 is 2.10 bits per heavy atom. The van der Waals surface area contributed by atoms with E-state index < -0.39 is 120 Å². The molecule has 0 saturated carbocycles. The lowest BCUT2D eigenvalue weighted by molar-refractivity contribution is -0.141. The van der Waals surface area contributed by atoms with Crippen LogP contribution in [-0.2, 0) is 67.2 Å². The zero-order chi connectivity index (χ0) is 62.3. The lowest BCUT2D eigenvalue weighted by atomic mass is 10.0. The average molecular weight is 1210 g/mol. The van der Waals surface area contributed by atoms with E-state index in [1.807, 2.05) is 0 Å². The van der Waals surface area contributed by atoms with E-state index in [-0.39, 0.29) is 87.2 Å². The van der Waals surface area contributed by atoms with Gasteiger partial charge in [0.15, 0.2) is 0 Å². The van der Waals surface area contributed by atoms with Gasteiger partial charge >= 0.3 is 5.97 Å². The van der Waals surface area contributed by atoms with E-state index in [0.717, 1.165) is 0 Å². The Balaban J connectivity index is 1.28. The molecule has 0 aliphatic carbocycles. The van der Waals surface area contributed by atoms with Gasteiger partial charge in [0.2, 0.25) is 53.2 Å². The maximum absolute atomic E-state index is 14.9. The van der Waals surface area contributed by atoms with Crippen molar-refractivity contribution < 1.29 is 63.0 Å². The lowest BCUT2D eigenvalue weighted by Gasteiger charge is -2.28. The highest BCUT2D eigenvalue weighted by molar-refractivity contribution is 7.98. The van der Waals surface area contributed by atoms with Crippen LogP contribution in [0.5, 0.6) is 5.75 Å². The third kappa shape index (κ3) is 20.1. The molecule has 5 aromatic rings. The number of carbonyl (C=O) groups excluding carboxylic acids is 10. The van der Waals surface area contributed by atoms with Crippen molar-refractivity contribution >= 4 is 93.5 Å². The normalized spacial score (nSPS) is 18.5. The molecule has 3 aromatic carbocycles. The molecule has 0 spiro atoms.